The molecule has 2 amide bonds. The summed E-state index contributed by atoms with van der Waals surface area (Å²) in [5, 5.41) is 5.84. The number of nitrogens with zero attached hydrogens (tertiary/aromatic N) is 1. The first kappa shape index (κ1) is 65.7. The van der Waals surface area contributed by atoms with E-state index in [0.29, 0.717) is 89.6 Å². The molecule has 0 saturated heterocycles. The third kappa shape index (κ3) is 47.4. The van der Waals surface area contributed by atoms with E-state index in [1.807, 2.05) is 0 Å². The molecule has 0 aliphatic heterocycles. The van der Waals surface area contributed by atoms with Crippen LogP contribution in [0, 0.1) is 11.8 Å². The molecule has 0 bridgehead atoms. The molecule has 0 spiro atoms. The summed E-state index contributed by atoms with van der Waals surface area (Å²) in [7, 11) is 3.28. The monoisotopic (exact) mass is 1000 g/mol. The van der Waals surface area contributed by atoms with Crippen molar-refractivity contribution >= 4 is 45.5 Å². The Hall–Kier alpha value is -2.26. The van der Waals surface area contributed by atoms with Crippen molar-refractivity contribution in [1.29, 1.82) is 0 Å². The summed E-state index contributed by atoms with van der Waals surface area (Å²) in [5.41, 5.74) is 2.70. The molecular formula is C54H101N3O9S2. The van der Waals surface area contributed by atoms with E-state index in [0.717, 1.165) is 147 Å². The summed E-state index contributed by atoms with van der Waals surface area (Å²) in [4.78, 5) is 51.1. The number of hydrogen-bond donors (Lipinski definition) is 2. The number of carbonyl (C=O) groups is 4. The molecule has 0 aliphatic carbocycles. The van der Waals surface area contributed by atoms with Crippen molar-refractivity contribution in [2.45, 2.75) is 203 Å². The van der Waals surface area contributed by atoms with Crippen molar-refractivity contribution < 1.29 is 42.9 Å². The molecule has 0 radical (unpaired) electrons. The molecule has 0 fully saturated rings. The highest BCUT2D eigenvalue weighted by Gasteiger charge is 2.14. The Morgan fingerprint density at radius 3 is 1.59 bits per heavy atom. The van der Waals surface area contributed by atoms with Crippen molar-refractivity contribution in [3.05, 3.63) is 23.3 Å². The summed E-state index contributed by atoms with van der Waals surface area (Å²) >= 11 is 0. The fourth-order valence-electron chi connectivity index (χ4n) is 7.21. The number of alkyl carbamates (subject to hydrolysis) is 1. The van der Waals surface area contributed by atoms with E-state index >= 15 is 0 Å². The van der Waals surface area contributed by atoms with Crippen LogP contribution in [0.25, 0.3) is 0 Å². The molecule has 68 heavy (non-hydrogen) atoms. The maximum Gasteiger partial charge on any atom is 0.407 e. The molecule has 14 heteroatoms. The lowest BCUT2D eigenvalue weighted by molar-refractivity contribution is -0.145. The van der Waals surface area contributed by atoms with Crippen LogP contribution in [0.4, 0.5) is 4.79 Å². The number of unbranched alkanes of at least 4 members (excludes halogenated alkanes) is 11. The van der Waals surface area contributed by atoms with Gasteiger partial charge in [-0.2, -0.15) is 0 Å². The van der Waals surface area contributed by atoms with Gasteiger partial charge in [0.05, 0.1) is 25.9 Å². The number of hydrogen-bond acceptors (Lipinski definition) is 12. The van der Waals surface area contributed by atoms with Gasteiger partial charge >= 0.3 is 18.0 Å². The highest BCUT2D eigenvalue weighted by Crippen LogP contribution is 2.20. The molecule has 0 aliphatic rings. The Morgan fingerprint density at radius 1 is 0.559 bits per heavy atom. The van der Waals surface area contributed by atoms with Gasteiger partial charge in [0.2, 0.25) is 5.91 Å². The van der Waals surface area contributed by atoms with Crippen LogP contribution < -0.4 is 10.6 Å². The first-order valence-corrected chi connectivity index (χ1v) is 29.3. The lowest BCUT2D eigenvalue weighted by Gasteiger charge is -2.19. The number of carbonyl (C=O) groups excluding carboxylic acids is 4. The van der Waals surface area contributed by atoms with Gasteiger partial charge in [-0.1, -0.05) is 130 Å². The number of nitrogens with one attached hydrogen (secondary N) is 2. The maximum atomic E-state index is 12.5. The normalized spacial score (nSPS) is 12.5. The van der Waals surface area contributed by atoms with E-state index in [1.165, 1.54) is 11.1 Å². The van der Waals surface area contributed by atoms with Crippen LogP contribution in [0.3, 0.4) is 0 Å². The Labute approximate surface area is 423 Å². The van der Waals surface area contributed by atoms with Gasteiger partial charge in [0.1, 0.15) is 6.61 Å². The fraction of sp³-hybridized carbons (Fsp3) is 0.852. The minimum Gasteiger partial charge on any atom is -0.466 e. The van der Waals surface area contributed by atoms with E-state index in [9.17, 15) is 19.2 Å². The molecule has 0 heterocycles. The van der Waals surface area contributed by atoms with E-state index in [4.69, 9.17) is 23.7 Å². The van der Waals surface area contributed by atoms with Gasteiger partial charge in [0.15, 0.2) is 0 Å². The topological polar surface area (TPSA) is 142 Å². The average molecular weight is 1000 g/mol. The SMILES string of the molecule is CCN(CC)CCC(=O)NCCSSCCOC(=O)NCC(COCCCCCCCCCC(=O)OCCC(C)CCC=C(C)C)OCCCCCCCCC(=O)OCCC(C)CCC=C(C)C. The molecule has 3 atom stereocenters. The minimum absolute atomic E-state index is 0.0704. The summed E-state index contributed by atoms with van der Waals surface area (Å²) in [5.74, 6) is 2.48. The van der Waals surface area contributed by atoms with Crippen molar-refractivity contribution in [3.8, 4) is 0 Å². The molecule has 0 rings (SSSR count). The van der Waals surface area contributed by atoms with Crippen molar-refractivity contribution in [2.24, 2.45) is 11.8 Å². The van der Waals surface area contributed by atoms with Crippen molar-refractivity contribution in [3.63, 3.8) is 0 Å². The summed E-state index contributed by atoms with van der Waals surface area (Å²) < 4.78 is 28.6. The Kier molecular flexibility index (Phi) is 46.8. The van der Waals surface area contributed by atoms with Crippen LogP contribution in [-0.2, 0) is 38.1 Å². The minimum atomic E-state index is -0.467. The van der Waals surface area contributed by atoms with Crippen LogP contribution in [0.1, 0.15) is 197 Å². The van der Waals surface area contributed by atoms with Gasteiger partial charge in [0.25, 0.3) is 0 Å². The first-order valence-electron chi connectivity index (χ1n) is 26.8. The largest absolute Gasteiger partial charge is 0.466 e. The molecule has 3 unspecified atom stereocenters. The van der Waals surface area contributed by atoms with Crippen LogP contribution in [0.15, 0.2) is 23.3 Å². The van der Waals surface area contributed by atoms with E-state index in [2.05, 4.69) is 83.1 Å². The van der Waals surface area contributed by atoms with Gasteiger partial charge in [-0.25, -0.2) is 4.79 Å². The summed E-state index contributed by atoms with van der Waals surface area (Å²) in [6.07, 6.45) is 24.9. The Bertz CT molecular complexity index is 1290. The second-order valence-electron chi connectivity index (χ2n) is 18.9. The number of amides is 2. The highest BCUT2D eigenvalue weighted by molar-refractivity contribution is 8.76. The van der Waals surface area contributed by atoms with Crippen LogP contribution in [-0.4, -0.2) is 119 Å². The number of esters is 2. The zero-order valence-electron chi connectivity index (χ0n) is 44.6. The average Bonchev–Trinajstić information content (AvgIpc) is 3.29. The number of ether oxygens (including phenoxy) is 5. The lowest BCUT2D eigenvalue weighted by atomic mass is 10.0. The fourth-order valence-corrected chi connectivity index (χ4v) is 8.95. The molecule has 12 nitrogen and oxygen atoms in total. The molecule has 2 N–H and O–H groups in total. The molecule has 398 valence electrons. The van der Waals surface area contributed by atoms with Gasteiger partial charge in [-0.3, -0.25) is 14.4 Å². The Balaban J connectivity index is 4.36. The second kappa shape index (κ2) is 48.4. The van der Waals surface area contributed by atoms with E-state index in [1.54, 1.807) is 21.6 Å². The zero-order valence-corrected chi connectivity index (χ0v) is 46.2. The number of allylic oxidation sites excluding steroid dienone is 4. The van der Waals surface area contributed by atoms with Gasteiger partial charge < -0.3 is 39.2 Å². The predicted octanol–water partition coefficient (Wildman–Crippen LogP) is 12.8. The third-order valence-corrected chi connectivity index (χ3v) is 14.2. The maximum absolute atomic E-state index is 12.5. The van der Waals surface area contributed by atoms with Gasteiger partial charge in [0, 0.05) is 63.6 Å². The summed E-state index contributed by atoms with van der Waals surface area (Å²) in [6.45, 7) is 23.7. The van der Waals surface area contributed by atoms with E-state index < -0.39 is 6.09 Å². The molecule has 0 aromatic carbocycles. The highest BCUT2D eigenvalue weighted by atomic mass is 33.1. The van der Waals surface area contributed by atoms with Crippen LogP contribution in [0.5, 0.6) is 0 Å². The smallest absolute Gasteiger partial charge is 0.407 e. The second-order valence-corrected chi connectivity index (χ2v) is 21.6. The first-order chi connectivity index (χ1) is 32.9. The zero-order chi connectivity index (χ0) is 50.3. The summed E-state index contributed by atoms with van der Waals surface area (Å²) in [6, 6.07) is 0. The molecular weight excluding hydrogens is 899 g/mol. The molecule has 0 aromatic rings. The quantitative estimate of drug-likeness (QED) is 0.0197. The van der Waals surface area contributed by atoms with Crippen LogP contribution >= 0.6 is 21.6 Å². The van der Waals surface area contributed by atoms with Crippen molar-refractivity contribution in [2.75, 3.05) is 83.9 Å². The van der Waals surface area contributed by atoms with Gasteiger partial charge in [-0.05, 0) is 117 Å². The van der Waals surface area contributed by atoms with Crippen molar-refractivity contribution in [1.82, 2.24) is 15.5 Å². The van der Waals surface area contributed by atoms with Gasteiger partial charge in [-0.15, -0.1) is 0 Å². The lowest BCUT2D eigenvalue weighted by Crippen LogP contribution is -2.37. The number of rotatable bonds is 48. The standard InChI is InChI=1S/C54H101N3O9S2/c1-9-57(10-2)36-32-51(58)55-35-42-67-68-43-41-66-54(61)56-44-50(63-38-23-19-15-13-17-21-31-53(60)65-40-34-49(8)29-25-27-47(5)6)45-62-37-22-18-14-11-12-16-20-30-52(59)64-39-33-48(7)28-24-26-46(3)4/h26-27,48-50H,9-25,28-45H2,1-8H3,(H,55,58)(H,56,61). The third-order valence-electron chi connectivity index (χ3n) is 11.8. The van der Waals surface area contributed by atoms with Crippen LogP contribution in [0.2, 0.25) is 0 Å². The molecule has 0 saturated carbocycles. The predicted molar refractivity (Wildman–Crippen MR) is 286 cm³/mol. The Morgan fingerprint density at radius 2 is 1.06 bits per heavy atom. The molecule has 0 aromatic heterocycles. The van der Waals surface area contributed by atoms with E-state index in [-0.39, 0.29) is 23.9 Å².